The normalized spacial score (nSPS) is 15.4. The molecule has 6 nitrogen and oxygen atoms in total. The number of hydrogen-bond acceptors (Lipinski definition) is 6. The molecule has 1 aliphatic rings. The summed E-state index contributed by atoms with van der Waals surface area (Å²) in [6.45, 7) is 3.05. The van der Waals surface area contributed by atoms with Crippen molar-refractivity contribution in [2.75, 3.05) is 13.1 Å². The highest BCUT2D eigenvalue weighted by molar-refractivity contribution is 7.14. The van der Waals surface area contributed by atoms with E-state index in [9.17, 15) is 18.0 Å². The van der Waals surface area contributed by atoms with Crippen molar-refractivity contribution < 1.29 is 18.0 Å². The maximum Gasteiger partial charge on any atom is 0.389 e. The van der Waals surface area contributed by atoms with Crippen molar-refractivity contribution in [3.63, 3.8) is 0 Å². The van der Waals surface area contributed by atoms with Gasteiger partial charge in [-0.05, 0) is 44.6 Å². The second kappa shape index (κ2) is 9.48. The van der Waals surface area contributed by atoms with Gasteiger partial charge >= 0.3 is 6.18 Å². The number of amides is 1. The highest BCUT2D eigenvalue weighted by Gasteiger charge is 2.28. The van der Waals surface area contributed by atoms with Crippen LogP contribution in [0.15, 0.2) is 24.4 Å². The number of benzene rings is 1. The molecule has 4 rings (SSSR count). The molecule has 10 heteroatoms. The van der Waals surface area contributed by atoms with Gasteiger partial charge in [0.1, 0.15) is 15.8 Å². The van der Waals surface area contributed by atoms with E-state index in [-0.39, 0.29) is 24.7 Å². The predicted octanol–water partition coefficient (Wildman–Crippen LogP) is 4.97. The fraction of sp³-hybridized carbons (Fsp3) is 0.500. The summed E-state index contributed by atoms with van der Waals surface area (Å²) in [6, 6.07) is 5.81. The van der Waals surface area contributed by atoms with Crippen molar-refractivity contribution in [3.05, 3.63) is 35.2 Å². The quantitative estimate of drug-likeness (QED) is 0.516. The highest BCUT2D eigenvalue weighted by Crippen LogP contribution is 2.28. The molecule has 1 aromatic carbocycles. The van der Waals surface area contributed by atoms with Crippen LogP contribution >= 0.6 is 11.3 Å². The number of nitrogens with zero attached hydrogens (tertiary/aromatic N) is 5. The lowest BCUT2D eigenvalue weighted by atomic mass is 9.91. The lowest BCUT2D eigenvalue weighted by Crippen LogP contribution is -2.39. The van der Waals surface area contributed by atoms with Crippen molar-refractivity contribution >= 4 is 28.1 Å². The number of carbonyl (C=O) groups is 1. The second-order valence-electron chi connectivity index (χ2n) is 8.19. The van der Waals surface area contributed by atoms with Crippen LogP contribution in [0.1, 0.15) is 42.9 Å². The van der Waals surface area contributed by atoms with Gasteiger partial charge in [-0.15, -0.1) is 10.2 Å². The van der Waals surface area contributed by atoms with Crippen molar-refractivity contribution in [1.82, 2.24) is 25.1 Å². The number of rotatable bonds is 6. The molecule has 0 saturated carbocycles. The Kier molecular flexibility index (Phi) is 6.68. The van der Waals surface area contributed by atoms with E-state index in [1.807, 2.05) is 25.1 Å². The molecule has 1 saturated heterocycles. The lowest BCUT2D eigenvalue weighted by molar-refractivity contribution is -0.136. The Hall–Kier alpha value is -2.62. The fourth-order valence-corrected chi connectivity index (χ4v) is 4.69. The number of carbonyl (C=O) groups excluding carboxylic acids is 1. The maximum absolute atomic E-state index is 12.7. The summed E-state index contributed by atoms with van der Waals surface area (Å²) in [5.41, 5.74) is 1.67. The van der Waals surface area contributed by atoms with Gasteiger partial charge in [-0.3, -0.25) is 4.79 Å². The Bertz CT molecular complexity index is 1090. The van der Waals surface area contributed by atoms with Crippen LogP contribution in [-0.2, 0) is 11.2 Å². The first-order chi connectivity index (χ1) is 15.3. The topological polar surface area (TPSA) is 71.9 Å². The molecule has 1 fully saturated rings. The number of alkyl halides is 3. The monoisotopic (exact) mass is 463 g/mol. The Morgan fingerprint density at radius 3 is 2.69 bits per heavy atom. The molecule has 3 aromatic rings. The van der Waals surface area contributed by atoms with E-state index in [0.717, 1.165) is 39.3 Å². The summed E-state index contributed by atoms with van der Waals surface area (Å²) in [4.78, 5) is 23.4. The van der Waals surface area contributed by atoms with Crippen LogP contribution in [-0.4, -0.2) is 50.2 Å². The molecular formula is C22H24F3N5OS. The van der Waals surface area contributed by atoms with E-state index >= 15 is 0 Å². The molecule has 0 N–H and O–H groups in total. The van der Waals surface area contributed by atoms with E-state index in [2.05, 4.69) is 20.2 Å². The van der Waals surface area contributed by atoms with Crippen LogP contribution in [0.2, 0.25) is 0 Å². The van der Waals surface area contributed by atoms with E-state index in [1.54, 1.807) is 11.1 Å². The predicted molar refractivity (Wildman–Crippen MR) is 116 cm³/mol. The fourth-order valence-electron chi connectivity index (χ4n) is 4.00. The average Bonchev–Trinajstić information content (AvgIpc) is 3.19. The van der Waals surface area contributed by atoms with Gasteiger partial charge in [0, 0.05) is 36.7 Å². The molecule has 32 heavy (non-hydrogen) atoms. The Morgan fingerprint density at radius 1 is 1.22 bits per heavy atom. The molecule has 0 aliphatic carbocycles. The maximum atomic E-state index is 12.7. The molecule has 1 aliphatic heterocycles. The van der Waals surface area contributed by atoms with E-state index < -0.39 is 12.6 Å². The molecule has 1 amide bonds. The van der Waals surface area contributed by atoms with Gasteiger partial charge in [-0.25, -0.2) is 9.97 Å². The Morgan fingerprint density at radius 2 is 2.00 bits per heavy atom. The van der Waals surface area contributed by atoms with E-state index in [4.69, 9.17) is 0 Å². The van der Waals surface area contributed by atoms with Gasteiger partial charge in [-0.2, -0.15) is 13.2 Å². The zero-order chi connectivity index (χ0) is 22.7. The highest BCUT2D eigenvalue weighted by atomic mass is 32.1. The number of aryl methyl sites for hydroxylation is 1. The zero-order valence-corrected chi connectivity index (χ0v) is 18.5. The summed E-state index contributed by atoms with van der Waals surface area (Å²) in [5, 5.41) is 10.8. The van der Waals surface area contributed by atoms with Gasteiger partial charge in [-0.1, -0.05) is 23.5 Å². The Balaban J connectivity index is 1.34. The number of piperidine rings is 1. The first-order valence-corrected chi connectivity index (χ1v) is 11.5. The minimum Gasteiger partial charge on any atom is -0.342 e. The summed E-state index contributed by atoms with van der Waals surface area (Å²) < 4.78 is 37.0. The summed E-state index contributed by atoms with van der Waals surface area (Å²) >= 11 is 1.51. The van der Waals surface area contributed by atoms with Crippen molar-refractivity contribution in [1.29, 1.82) is 0 Å². The van der Waals surface area contributed by atoms with Crippen molar-refractivity contribution in [3.8, 4) is 10.6 Å². The van der Waals surface area contributed by atoms with Gasteiger partial charge in [0.2, 0.25) is 5.91 Å². The van der Waals surface area contributed by atoms with Crippen LogP contribution in [0, 0.1) is 12.8 Å². The third-order valence-corrected chi connectivity index (χ3v) is 6.64. The van der Waals surface area contributed by atoms with Crippen LogP contribution < -0.4 is 0 Å². The molecule has 0 atom stereocenters. The minimum atomic E-state index is -4.09. The first kappa shape index (κ1) is 22.6. The van der Waals surface area contributed by atoms with Crippen LogP contribution in [0.25, 0.3) is 21.5 Å². The van der Waals surface area contributed by atoms with Crippen molar-refractivity contribution in [2.24, 2.45) is 5.92 Å². The van der Waals surface area contributed by atoms with Gasteiger partial charge in [0.05, 0.1) is 11.9 Å². The third-order valence-electron chi connectivity index (χ3n) is 5.75. The van der Waals surface area contributed by atoms with Crippen LogP contribution in [0.5, 0.6) is 0 Å². The average molecular weight is 464 g/mol. The zero-order valence-electron chi connectivity index (χ0n) is 17.7. The Labute approximate surface area is 187 Å². The largest absolute Gasteiger partial charge is 0.389 e. The van der Waals surface area contributed by atoms with Crippen molar-refractivity contribution in [2.45, 2.75) is 51.6 Å². The molecule has 0 spiro atoms. The standard InChI is InChI=1S/C22H24F3N5OS/c1-14-28-29-21(32-14)16-4-5-17-13-26-19(27-18(17)11-16)12-20(31)30-9-6-15(7-10-30)3-2-8-22(23,24)25/h4-5,11,13,15H,2-3,6-10,12H2,1H3. The third kappa shape index (κ3) is 5.79. The van der Waals surface area contributed by atoms with Gasteiger partial charge in [0.15, 0.2) is 0 Å². The SMILES string of the molecule is Cc1nnc(-c2ccc3cnc(CC(=O)N4CCC(CCCC(F)(F)F)CC4)nc3c2)s1. The summed E-state index contributed by atoms with van der Waals surface area (Å²) in [6.07, 6.45) is -0.792. The number of likely N-dealkylation sites (tertiary alicyclic amines) is 1. The molecule has 0 radical (unpaired) electrons. The van der Waals surface area contributed by atoms with Gasteiger partial charge < -0.3 is 4.90 Å². The molecule has 0 bridgehead atoms. The summed E-state index contributed by atoms with van der Waals surface area (Å²) in [5.74, 6) is 0.662. The second-order valence-corrected chi connectivity index (χ2v) is 9.38. The van der Waals surface area contributed by atoms with Gasteiger partial charge in [0.25, 0.3) is 0 Å². The number of fused-ring (bicyclic) bond motifs is 1. The number of halogens is 3. The van der Waals surface area contributed by atoms with E-state index in [0.29, 0.717) is 25.3 Å². The molecular weight excluding hydrogens is 439 g/mol. The number of hydrogen-bond donors (Lipinski definition) is 0. The lowest BCUT2D eigenvalue weighted by Gasteiger charge is -2.32. The smallest absolute Gasteiger partial charge is 0.342 e. The van der Waals surface area contributed by atoms with Crippen LogP contribution in [0.3, 0.4) is 0 Å². The summed E-state index contributed by atoms with van der Waals surface area (Å²) in [7, 11) is 0. The molecule has 2 aromatic heterocycles. The minimum absolute atomic E-state index is 0.0472. The number of aromatic nitrogens is 4. The molecule has 0 unspecified atom stereocenters. The molecule has 170 valence electrons. The first-order valence-electron chi connectivity index (χ1n) is 10.7. The van der Waals surface area contributed by atoms with Crippen LogP contribution in [0.4, 0.5) is 13.2 Å². The molecule has 3 heterocycles. The van der Waals surface area contributed by atoms with E-state index in [1.165, 1.54) is 11.3 Å².